The van der Waals surface area contributed by atoms with E-state index in [9.17, 15) is 8.42 Å². The lowest BCUT2D eigenvalue weighted by Gasteiger charge is -2.16. The number of rotatable bonds is 5. The van der Waals surface area contributed by atoms with Crippen LogP contribution in [-0.4, -0.2) is 30.3 Å². The second-order valence-electron chi connectivity index (χ2n) is 3.84. The molecule has 0 saturated carbocycles. The molecule has 18 heavy (non-hydrogen) atoms. The van der Waals surface area contributed by atoms with Crippen molar-refractivity contribution in [2.75, 3.05) is 5.75 Å². The molecular weight excluding hydrogens is 274 g/mol. The van der Waals surface area contributed by atoms with E-state index in [1.165, 1.54) is 0 Å². The van der Waals surface area contributed by atoms with E-state index in [0.717, 1.165) is 0 Å². The fourth-order valence-corrected chi connectivity index (χ4v) is 3.31. The molecule has 0 spiro atoms. The molecule has 1 aromatic carbocycles. The summed E-state index contributed by atoms with van der Waals surface area (Å²) in [7, 11) is -3.30. The molecule has 0 aliphatic carbocycles. The molecule has 4 nitrogen and oxygen atoms in total. The van der Waals surface area contributed by atoms with Crippen LogP contribution in [0.1, 0.15) is 25.8 Å². The number of hydrogen-bond acceptors (Lipinski definition) is 4. The summed E-state index contributed by atoms with van der Waals surface area (Å²) in [6, 6.07) is 6.55. The molecule has 0 radical (unpaired) electrons. The van der Waals surface area contributed by atoms with Crippen molar-refractivity contribution in [2.45, 2.75) is 25.5 Å². The Labute approximate surface area is 112 Å². The van der Waals surface area contributed by atoms with Gasteiger partial charge >= 0.3 is 0 Å². The lowest BCUT2D eigenvalue weighted by atomic mass is 10.1. The Balaban J connectivity index is 3.21. The summed E-state index contributed by atoms with van der Waals surface area (Å²) in [6.07, 6.45) is 0.359. The third-order valence-electron chi connectivity index (χ3n) is 2.76. The number of nitrogens with zero attached hydrogens (tertiary/aromatic N) is 1. The van der Waals surface area contributed by atoms with Gasteiger partial charge in [0.2, 0.25) is 0 Å². The maximum Gasteiger partial charge on any atom is 0.158 e. The first-order valence-electron chi connectivity index (χ1n) is 5.65. The highest BCUT2D eigenvalue weighted by Gasteiger charge is 2.28. The lowest BCUT2D eigenvalue weighted by Crippen LogP contribution is -2.31. The van der Waals surface area contributed by atoms with Gasteiger partial charge in [-0.05, 0) is 18.6 Å². The normalized spacial score (nSPS) is 14.5. The molecule has 0 fully saturated rings. The maximum atomic E-state index is 12.0. The van der Waals surface area contributed by atoms with Crippen molar-refractivity contribution in [1.82, 2.24) is 0 Å². The smallest absolute Gasteiger partial charge is 0.158 e. The largest absolute Gasteiger partial charge is 0.411 e. The van der Waals surface area contributed by atoms with Gasteiger partial charge in [-0.2, -0.15) is 0 Å². The van der Waals surface area contributed by atoms with Gasteiger partial charge in [-0.25, -0.2) is 8.42 Å². The molecule has 0 aromatic heterocycles. The van der Waals surface area contributed by atoms with E-state index in [2.05, 4.69) is 5.16 Å². The number of benzene rings is 1. The third kappa shape index (κ3) is 3.23. The van der Waals surface area contributed by atoms with Crippen LogP contribution in [0.3, 0.4) is 0 Å². The van der Waals surface area contributed by atoms with E-state index in [1.807, 2.05) is 0 Å². The van der Waals surface area contributed by atoms with Crippen molar-refractivity contribution in [1.29, 1.82) is 0 Å². The third-order valence-corrected chi connectivity index (χ3v) is 5.24. The fraction of sp³-hybridized carbons (Fsp3) is 0.417. The van der Waals surface area contributed by atoms with Crippen LogP contribution in [0, 0.1) is 0 Å². The van der Waals surface area contributed by atoms with Crippen LogP contribution >= 0.6 is 11.6 Å². The SMILES string of the molecule is CC[C@@H](/C(=N\O)c1ccc(Cl)cc1)S(=O)(=O)CC. The summed E-state index contributed by atoms with van der Waals surface area (Å²) in [5, 5.41) is 12.0. The predicted octanol–water partition coefficient (Wildman–Crippen LogP) is 2.73. The second kappa shape index (κ2) is 6.20. The zero-order chi connectivity index (χ0) is 13.8. The fourth-order valence-electron chi connectivity index (χ4n) is 1.75. The van der Waals surface area contributed by atoms with Gasteiger partial charge in [0, 0.05) is 16.3 Å². The zero-order valence-electron chi connectivity index (χ0n) is 10.3. The van der Waals surface area contributed by atoms with Gasteiger partial charge in [0.25, 0.3) is 0 Å². The summed E-state index contributed by atoms with van der Waals surface area (Å²) in [5.74, 6) is 0.0120. The number of hydrogen-bond donors (Lipinski definition) is 1. The molecule has 1 atom stereocenters. The van der Waals surface area contributed by atoms with Crippen molar-refractivity contribution in [3.05, 3.63) is 34.9 Å². The number of sulfone groups is 1. The topological polar surface area (TPSA) is 66.7 Å². The zero-order valence-corrected chi connectivity index (χ0v) is 11.9. The van der Waals surface area contributed by atoms with Crippen molar-refractivity contribution in [2.24, 2.45) is 5.16 Å². The molecule has 100 valence electrons. The number of halogens is 1. The lowest BCUT2D eigenvalue weighted by molar-refractivity contribution is 0.318. The van der Waals surface area contributed by atoms with Gasteiger partial charge in [-0.15, -0.1) is 0 Å². The molecule has 1 rings (SSSR count). The first-order valence-corrected chi connectivity index (χ1v) is 7.75. The highest BCUT2D eigenvalue weighted by atomic mass is 35.5. The minimum absolute atomic E-state index is 0.0120. The summed E-state index contributed by atoms with van der Waals surface area (Å²) in [5.41, 5.74) is 0.724. The van der Waals surface area contributed by atoms with E-state index in [-0.39, 0.29) is 11.5 Å². The first-order chi connectivity index (χ1) is 8.46. The van der Waals surface area contributed by atoms with Crippen molar-refractivity contribution in [3.8, 4) is 0 Å². The van der Waals surface area contributed by atoms with Crippen molar-refractivity contribution >= 4 is 27.1 Å². The highest BCUT2D eigenvalue weighted by Crippen LogP contribution is 2.17. The highest BCUT2D eigenvalue weighted by molar-refractivity contribution is 7.92. The molecule has 0 saturated heterocycles. The molecule has 6 heteroatoms. The Morgan fingerprint density at radius 1 is 1.33 bits per heavy atom. The average Bonchev–Trinajstić information content (AvgIpc) is 2.36. The van der Waals surface area contributed by atoms with Crippen LogP contribution in [0.25, 0.3) is 0 Å². The van der Waals surface area contributed by atoms with E-state index < -0.39 is 15.1 Å². The van der Waals surface area contributed by atoms with Gasteiger partial charge in [0.1, 0.15) is 11.0 Å². The summed E-state index contributed by atoms with van der Waals surface area (Å²) in [4.78, 5) is 0. The van der Waals surface area contributed by atoms with Crippen LogP contribution in [0.5, 0.6) is 0 Å². The van der Waals surface area contributed by atoms with Crippen LogP contribution in [0.4, 0.5) is 0 Å². The molecule has 0 aliphatic rings. The summed E-state index contributed by atoms with van der Waals surface area (Å²) >= 11 is 5.77. The standard InChI is InChI=1S/C12H16ClNO3S/c1-3-11(18(16,17)4-2)12(14-15)9-5-7-10(13)8-6-9/h5-8,11,15H,3-4H2,1-2H3/b14-12-/t11-/m0/s1. The molecule has 0 unspecified atom stereocenters. The predicted molar refractivity (Wildman–Crippen MR) is 73.3 cm³/mol. The first kappa shape index (κ1) is 15.0. The Kier molecular flexibility index (Phi) is 5.16. The van der Waals surface area contributed by atoms with Crippen LogP contribution < -0.4 is 0 Å². The maximum absolute atomic E-state index is 12.0. The summed E-state index contributed by atoms with van der Waals surface area (Å²) in [6.45, 7) is 3.33. The molecule has 0 bridgehead atoms. The molecule has 1 N–H and O–H groups in total. The van der Waals surface area contributed by atoms with Crippen LogP contribution in [0.2, 0.25) is 5.02 Å². The molecule has 0 amide bonds. The monoisotopic (exact) mass is 289 g/mol. The van der Waals surface area contributed by atoms with Gasteiger partial charge in [0.05, 0.1) is 0 Å². The average molecular weight is 290 g/mol. The van der Waals surface area contributed by atoms with Crippen molar-refractivity contribution in [3.63, 3.8) is 0 Å². The summed E-state index contributed by atoms with van der Waals surface area (Å²) < 4.78 is 23.9. The minimum Gasteiger partial charge on any atom is -0.411 e. The van der Waals surface area contributed by atoms with Gasteiger partial charge in [-0.1, -0.05) is 42.7 Å². The Morgan fingerprint density at radius 3 is 2.28 bits per heavy atom. The molecule has 0 aliphatic heterocycles. The Morgan fingerprint density at radius 2 is 1.89 bits per heavy atom. The Hall–Kier alpha value is -1.07. The van der Waals surface area contributed by atoms with E-state index >= 15 is 0 Å². The minimum atomic E-state index is -3.30. The van der Waals surface area contributed by atoms with Crippen LogP contribution in [0.15, 0.2) is 29.4 Å². The molecule has 1 aromatic rings. The van der Waals surface area contributed by atoms with E-state index in [1.54, 1.807) is 38.1 Å². The van der Waals surface area contributed by atoms with Crippen LogP contribution in [-0.2, 0) is 9.84 Å². The van der Waals surface area contributed by atoms with Crippen molar-refractivity contribution < 1.29 is 13.6 Å². The van der Waals surface area contributed by atoms with Gasteiger partial charge in [0.15, 0.2) is 9.84 Å². The molecular formula is C12H16ClNO3S. The Bertz CT molecular complexity index is 523. The van der Waals surface area contributed by atoms with Gasteiger partial charge in [-0.3, -0.25) is 0 Å². The van der Waals surface area contributed by atoms with E-state index in [4.69, 9.17) is 16.8 Å². The number of oxime groups is 1. The second-order valence-corrected chi connectivity index (χ2v) is 6.75. The van der Waals surface area contributed by atoms with Gasteiger partial charge < -0.3 is 5.21 Å². The van der Waals surface area contributed by atoms with E-state index in [0.29, 0.717) is 17.0 Å². The quantitative estimate of drug-likeness (QED) is 0.515. The molecule has 0 heterocycles.